The lowest BCUT2D eigenvalue weighted by Crippen LogP contribution is -2.09. The Hall–Kier alpha value is -2.09. The van der Waals surface area contributed by atoms with Crippen LogP contribution in [0.25, 0.3) is 0 Å². The van der Waals surface area contributed by atoms with E-state index in [1.807, 2.05) is 54.6 Å². The third-order valence-electron chi connectivity index (χ3n) is 2.50. The van der Waals surface area contributed by atoms with Gasteiger partial charge >= 0.3 is 0 Å². The predicted octanol–water partition coefficient (Wildman–Crippen LogP) is 3.56. The van der Waals surface area contributed by atoms with Crippen LogP contribution in [-0.2, 0) is 11.1 Å². The molecular weight excluding hydrogens is 288 g/mol. The van der Waals surface area contributed by atoms with Crippen molar-refractivity contribution in [2.24, 2.45) is 10.2 Å². The number of benzene rings is 2. The molecule has 0 bridgehead atoms. The zero-order valence-electron chi connectivity index (χ0n) is 11.4. The summed E-state index contributed by atoms with van der Waals surface area (Å²) >= 11 is -2.01. The van der Waals surface area contributed by atoms with Gasteiger partial charge in [0.25, 0.3) is 0 Å². The SMILES string of the molecule is N.O=S([O-])CCNc1ccc(N=Nc2ccccc2)cc1. The number of nitrogens with zero attached hydrogens (tertiary/aromatic N) is 2. The molecule has 0 aromatic heterocycles. The van der Waals surface area contributed by atoms with Gasteiger partial charge in [0.1, 0.15) is 0 Å². The third-order valence-corrected chi connectivity index (χ3v) is 3.04. The molecule has 0 aliphatic carbocycles. The number of hydrogen-bond acceptors (Lipinski definition) is 6. The Labute approximate surface area is 126 Å². The summed E-state index contributed by atoms with van der Waals surface area (Å²) in [6, 6.07) is 16.8. The highest BCUT2D eigenvalue weighted by Crippen LogP contribution is 2.19. The molecule has 0 aliphatic heterocycles. The van der Waals surface area contributed by atoms with Crippen LogP contribution in [0.5, 0.6) is 0 Å². The molecule has 0 saturated heterocycles. The molecule has 2 rings (SSSR count). The van der Waals surface area contributed by atoms with Crippen LogP contribution >= 0.6 is 0 Å². The Morgan fingerprint density at radius 2 is 1.52 bits per heavy atom. The Morgan fingerprint density at radius 1 is 0.952 bits per heavy atom. The molecule has 7 heteroatoms. The minimum Gasteiger partial charge on any atom is -0.772 e. The molecule has 0 spiro atoms. The number of anilines is 1. The average molecular weight is 305 g/mol. The van der Waals surface area contributed by atoms with Gasteiger partial charge in [-0.2, -0.15) is 10.2 Å². The van der Waals surface area contributed by atoms with Crippen molar-refractivity contribution in [3.8, 4) is 0 Å². The van der Waals surface area contributed by atoms with Crippen molar-refractivity contribution in [1.29, 1.82) is 0 Å². The van der Waals surface area contributed by atoms with Gasteiger partial charge in [0.15, 0.2) is 0 Å². The van der Waals surface area contributed by atoms with E-state index in [2.05, 4.69) is 15.5 Å². The van der Waals surface area contributed by atoms with E-state index in [9.17, 15) is 8.76 Å². The van der Waals surface area contributed by atoms with E-state index in [0.717, 1.165) is 17.1 Å². The molecule has 6 nitrogen and oxygen atoms in total. The van der Waals surface area contributed by atoms with Gasteiger partial charge in [0, 0.05) is 18.0 Å². The monoisotopic (exact) mass is 305 g/mol. The Bertz CT molecular complexity index is 588. The van der Waals surface area contributed by atoms with E-state index in [1.165, 1.54) is 0 Å². The van der Waals surface area contributed by atoms with Crippen LogP contribution in [0.4, 0.5) is 17.1 Å². The zero-order chi connectivity index (χ0) is 14.2. The lowest BCUT2D eigenvalue weighted by molar-refractivity contribution is 0.537. The number of hydrogen-bond donors (Lipinski definition) is 2. The molecule has 0 heterocycles. The molecule has 1 unspecified atom stereocenters. The number of nitrogens with one attached hydrogen (secondary N) is 1. The quantitative estimate of drug-likeness (QED) is 0.627. The first-order valence-corrected chi connectivity index (χ1v) is 7.35. The lowest BCUT2D eigenvalue weighted by Gasteiger charge is -2.07. The molecule has 112 valence electrons. The fraction of sp³-hybridized carbons (Fsp3) is 0.143. The van der Waals surface area contributed by atoms with E-state index < -0.39 is 11.1 Å². The zero-order valence-corrected chi connectivity index (χ0v) is 12.3. The third kappa shape index (κ3) is 6.26. The van der Waals surface area contributed by atoms with E-state index >= 15 is 0 Å². The second-order valence-electron chi connectivity index (χ2n) is 4.02. The van der Waals surface area contributed by atoms with Crippen LogP contribution in [-0.4, -0.2) is 21.1 Å². The summed E-state index contributed by atoms with van der Waals surface area (Å²) in [4.78, 5) is 0. The Balaban J connectivity index is 0.00000220. The molecule has 1 atom stereocenters. The first-order chi connectivity index (χ1) is 9.74. The van der Waals surface area contributed by atoms with Gasteiger partial charge in [0.2, 0.25) is 0 Å². The van der Waals surface area contributed by atoms with Gasteiger partial charge < -0.3 is 16.0 Å². The van der Waals surface area contributed by atoms with Crippen LogP contribution in [0.15, 0.2) is 64.8 Å². The molecule has 0 amide bonds. The van der Waals surface area contributed by atoms with Gasteiger partial charge in [-0.3, -0.25) is 4.21 Å². The molecule has 21 heavy (non-hydrogen) atoms. The fourth-order valence-corrected chi connectivity index (χ4v) is 1.80. The molecule has 0 aliphatic rings. The van der Waals surface area contributed by atoms with Crippen LogP contribution in [0.3, 0.4) is 0 Å². The molecule has 2 aromatic rings. The smallest absolute Gasteiger partial charge is 0.0858 e. The van der Waals surface area contributed by atoms with Crippen molar-refractivity contribution in [1.82, 2.24) is 6.15 Å². The Kier molecular flexibility index (Phi) is 7.24. The first-order valence-electron chi connectivity index (χ1n) is 6.10. The Morgan fingerprint density at radius 3 is 2.10 bits per heavy atom. The van der Waals surface area contributed by atoms with Gasteiger partial charge in [-0.15, -0.1) is 0 Å². The second kappa shape index (κ2) is 8.96. The maximum absolute atomic E-state index is 10.4. The molecule has 0 saturated carbocycles. The highest BCUT2D eigenvalue weighted by molar-refractivity contribution is 7.79. The molecule has 0 radical (unpaired) electrons. The van der Waals surface area contributed by atoms with Crippen molar-refractivity contribution in [3.63, 3.8) is 0 Å². The highest BCUT2D eigenvalue weighted by Gasteiger charge is 1.93. The second-order valence-corrected chi connectivity index (χ2v) is 5.03. The normalized spacial score (nSPS) is 11.9. The largest absolute Gasteiger partial charge is 0.772 e. The molecular formula is C14H17N4O2S-. The van der Waals surface area contributed by atoms with Gasteiger partial charge in [0.05, 0.1) is 11.4 Å². The summed E-state index contributed by atoms with van der Waals surface area (Å²) < 4.78 is 20.8. The predicted molar refractivity (Wildman–Crippen MR) is 84.4 cm³/mol. The topological polar surface area (TPSA) is 112 Å². The fourth-order valence-electron chi connectivity index (χ4n) is 1.53. The summed E-state index contributed by atoms with van der Waals surface area (Å²) in [5.41, 5.74) is 2.40. The van der Waals surface area contributed by atoms with Crippen molar-refractivity contribution in [2.75, 3.05) is 17.6 Å². The maximum Gasteiger partial charge on any atom is 0.0858 e. The number of azo groups is 1. The van der Waals surface area contributed by atoms with Crippen molar-refractivity contribution < 1.29 is 8.76 Å². The molecule has 0 fully saturated rings. The minimum atomic E-state index is -2.01. The maximum atomic E-state index is 10.4. The van der Waals surface area contributed by atoms with Crippen LogP contribution < -0.4 is 11.5 Å². The van der Waals surface area contributed by atoms with Gasteiger partial charge in [-0.1, -0.05) is 29.3 Å². The van der Waals surface area contributed by atoms with Gasteiger partial charge in [-0.05, 0) is 36.4 Å². The van der Waals surface area contributed by atoms with E-state index in [1.54, 1.807) is 0 Å². The van der Waals surface area contributed by atoms with Crippen molar-refractivity contribution >= 4 is 28.1 Å². The summed E-state index contributed by atoms with van der Waals surface area (Å²) in [5.74, 6) is 0.0927. The highest BCUT2D eigenvalue weighted by atomic mass is 32.2. The molecule has 4 N–H and O–H groups in total. The van der Waals surface area contributed by atoms with Crippen molar-refractivity contribution in [2.45, 2.75) is 0 Å². The summed E-state index contributed by atoms with van der Waals surface area (Å²) in [5, 5.41) is 11.3. The first kappa shape index (κ1) is 17.0. The van der Waals surface area contributed by atoms with Crippen LogP contribution in [0, 0.1) is 0 Å². The lowest BCUT2D eigenvalue weighted by atomic mass is 10.3. The van der Waals surface area contributed by atoms with E-state index in [4.69, 9.17) is 0 Å². The van der Waals surface area contributed by atoms with Crippen LogP contribution in [0.2, 0.25) is 0 Å². The summed E-state index contributed by atoms with van der Waals surface area (Å²) in [6.45, 7) is 0.390. The van der Waals surface area contributed by atoms with E-state index in [-0.39, 0.29) is 11.9 Å². The standard InChI is InChI=1S/C14H15N3O2S.H3N/c18-20(19)11-10-15-12-6-8-14(9-7-12)17-16-13-4-2-1-3-5-13;/h1-9,15H,10-11H2,(H,18,19);1H3/p-1. The van der Waals surface area contributed by atoms with Gasteiger partial charge in [-0.25, -0.2) is 0 Å². The molecule has 2 aromatic carbocycles. The number of rotatable bonds is 6. The van der Waals surface area contributed by atoms with E-state index in [0.29, 0.717) is 6.54 Å². The van der Waals surface area contributed by atoms with Crippen molar-refractivity contribution in [3.05, 3.63) is 54.6 Å². The average Bonchev–Trinajstić information content (AvgIpc) is 2.47. The minimum absolute atomic E-state index is 0. The summed E-state index contributed by atoms with van der Waals surface area (Å²) in [7, 11) is 0. The van der Waals surface area contributed by atoms with Crippen LogP contribution in [0.1, 0.15) is 0 Å². The summed E-state index contributed by atoms with van der Waals surface area (Å²) in [6.07, 6.45) is 0.